The summed E-state index contributed by atoms with van der Waals surface area (Å²) in [7, 11) is 0. The fourth-order valence-electron chi connectivity index (χ4n) is 1.45. The van der Waals surface area contributed by atoms with Gasteiger partial charge in [0.1, 0.15) is 11.5 Å². The number of hydrogen-bond donors (Lipinski definition) is 4. The Labute approximate surface area is 116 Å². The molecule has 0 aliphatic rings. The van der Waals surface area contributed by atoms with Gasteiger partial charge in [0, 0.05) is 11.1 Å². The van der Waals surface area contributed by atoms with Gasteiger partial charge >= 0.3 is 0 Å². The zero-order chi connectivity index (χ0) is 14.5. The van der Waals surface area contributed by atoms with Crippen molar-refractivity contribution in [3.63, 3.8) is 0 Å². The molecule has 2 rings (SSSR count). The topological polar surface area (TPSA) is 92.5 Å². The van der Waals surface area contributed by atoms with Gasteiger partial charge in [0.25, 0.3) is 0 Å². The number of aromatic hydroxyl groups is 2. The van der Waals surface area contributed by atoms with E-state index in [1.165, 1.54) is 12.1 Å². The summed E-state index contributed by atoms with van der Waals surface area (Å²) < 4.78 is 0. The third kappa shape index (κ3) is 3.16. The van der Waals surface area contributed by atoms with E-state index >= 15 is 0 Å². The summed E-state index contributed by atoms with van der Waals surface area (Å²) in [6.07, 6.45) is 0. The van der Waals surface area contributed by atoms with E-state index in [9.17, 15) is 10.2 Å². The summed E-state index contributed by atoms with van der Waals surface area (Å²) >= 11 is 0. The van der Waals surface area contributed by atoms with Gasteiger partial charge in [0.2, 0.25) is 0 Å². The molecule has 4 heteroatoms. The summed E-state index contributed by atoms with van der Waals surface area (Å²) in [5, 5.41) is 18.8. The quantitative estimate of drug-likeness (QED) is 0.331. The van der Waals surface area contributed by atoms with Crippen LogP contribution in [0.4, 0.5) is 11.4 Å². The number of benzene rings is 2. The van der Waals surface area contributed by atoms with Crippen molar-refractivity contribution in [1.82, 2.24) is 0 Å². The largest absolute Gasteiger partial charge is 0.506 e. The number of anilines is 2. The molecule has 0 atom stereocenters. The van der Waals surface area contributed by atoms with Gasteiger partial charge in [-0.3, -0.25) is 0 Å². The number of rotatable bonds is 0. The Morgan fingerprint density at radius 3 is 1.45 bits per heavy atom. The Morgan fingerprint density at radius 2 is 1.10 bits per heavy atom. The fraction of sp³-hybridized carbons (Fsp3) is 0. The smallest absolute Gasteiger partial charge is 0.139 e. The van der Waals surface area contributed by atoms with Crippen LogP contribution in [0.1, 0.15) is 11.1 Å². The first-order chi connectivity index (χ1) is 9.56. The lowest BCUT2D eigenvalue weighted by atomic mass is 10.2. The van der Waals surface area contributed by atoms with Crippen molar-refractivity contribution in [2.24, 2.45) is 0 Å². The van der Waals surface area contributed by atoms with Crippen LogP contribution >= 0.6 is 0 Å². The first-order valence-electron chi connectivity index (χ1n) is 5.75. The molecule has 0 saturated heterocycles. The summed E-state index contributed by atoms with van der Waals surface area (Å²) in [5.41, 5.74) is 12.8. The van der Waals surface area contributed by atoms with Gasteiger partial charge in [-0.2, -0.15) is 0 Å². The second kappa shape index (κ2) is 5.60. The SMILES string of the molecule is Nc1ccc(C#CC#Cc2ccc(N)c(O)c2)cc1O. The third-order valence-corrected chi connectivity index (χ3v) is 2.54. The Hall–Kier alpha value is -3.24. The number of phenolic OH excluding ortho intramolecular Hbond substituents is 2. The van der Waals surface area contributed by atoms with Crippen molar-refractivity contribution in [3.8, 4) is 35.2 Å². The molecule has 0 aromatic heterocycles. The summed E-state index contributed by atoms with van der Waals surface area (Å²) in [5.74, 6) is 10.9. The molecule has 0 bridgehead atoms. The molecule has 0 unspecified atom stereocenters. The maximum Gasteiger partial charge on any atom is 0.139 e. The van der Waals surface area contributed by atoms with Crippen molar-refractivity contribution < 1.29 is 10.2 Å². The molecule has 20 heavy (non-hydrogen) atoms. The second-order valence-corrected chi connectivity index (χ2v) is 4.05. The zero-order valence-corrected chi connectivity index (χ0v) is 10.5. The van der Waals surface area contributed by atoms with E-state index in [4.69, 9.17) is 11.5 Å². The van der Waals surface area contributed by atoms with E-state index in [0.29, 0.717) is 22.5 Å². The molecule has 0 heterocycles. The summed E-state index contributed by atoms with van der Waals surface area (Å²) in [6.45, 7) is 0. The molecular weight excluding hydrogens is 252 g/mol. The van der Waals surface area contributed by atoms with Crippen LogP contribution in [-0.2, 0) is 0 Å². The molecule has 2 aromatic rings. The molecular formula is C16H12N2O2. The van der Waals surface area contributed by atoms with Gasteiger partial charge in [-0.05, 0) is 48.2 Å². The minimum Gasteiger partial charge on any atom is -0.506 e. The monoisotopic (exact) mass is 264 g/mol. The lowest BCUT2D eigenvalue weighted by Gasteiger charge is -1.97. The molecule has 0 aliphatic carbocycles. The van der Waals surface area contributed by atoms with Crippen LogP contribution in [0.5, 0.6) is 11.5 Å². The highest BCUT2D eigenvalue weighted by Crippen LogP contribution is 2.20. The van der Waals surface area contributed by atoms with Gasteiger partial charge in [-0.25, -0.2) is 0 Å². The molecule has 0 spiro atoms. The molecule has 6 N–H and O–H groups in total. The van der Waals surface area contributed by atoms with E-state index in [1.54, 1.807) is 24.3 Å². The maximum atomic E-state index is 9.42. The summed E-state index contributed by atoms with van der Waals surface area (Å²) in [4.78, 5) is 0. The van der Waals surface area contributed by atoms with Crippen molar-refractivity contribution in [2.75, 3.05) is 11.5 Å². The van der Waals surface area contributed by atoms with Crippen molar-refractivity contribution in [2.45, 2.75) is 0 Å². The Kier molecular flexibility index (Phi) is 3.70. The minimum absolute atomic E-state index is 0.00628. The van der Waals surface area contributed by atoms with Crippen LogP contribution in [0.2, 0.25) is 0 Å². The Balaban J connectivity index is 2.17. The van der Waals surface area contributed by atoms with Crippen molar-refractivity contribution in [1.29, 1.82) is 0 Å². The van der Waals surface area contributed by atoms with Crippen LogP contribution in [0.25, 0.3) is 0 Å². The first kappa shape index (κ1) is 13.2. The van der Waals surface area contributed by atoms with Crippen LogP contribution in [-0.4, -0.2) is 10.2 Å². The highest BCUT2D eigenvalue weighted by molar-refractivity contribution is 5.58. The van der Waals surface area contributed by atoms with Gasteiger partial charge < -0.3 is 21.7 Å². The van der Waals surface area contributed by atoms with Gasteiger partial charge in [0.05, 0.1) is 11.4 Å². The minimum atomic E-state index is -0.00628. The molecule has 98 valence electrons. The van der Waals surface area contributed by atoms with Crippen LogP contribution < -0.4 is 11.5 Å². The molecule has 0 fully saturated rings. The van der Waals surface area contributed by atoms with E-state index in [2.05, 4.69) is 23.7 Å². The highest BCUT2D eigenvalue weighted by Gasteiger charge is 1.96. The number of nitrogens with two attached hydrogens (primary N) is 2. The van der Waals surface area contributed by atoms with Crippen molar-refractivity contribution >= 4 is 11.4 Å². The first-order valence-corrected chi connectivity index (χ1v) is 5.75. The fourth-order valence-corrected chi connectivity index (χ4v) is 1.45. The molecule has 0 saturated carbocycles. The lowest BCUT2D eigenvalue weighted by molar-refractivity contribution is 0.477. The van der Waals surface area contributed by atoms with E-state index < -0.39 is 0 Å². The standard InChI is InChI=1S/C16H12N2O2/c17-13-7-5-11(9-15(13)19)3-1-2-4-12-6-8-14(18)16(20)10-12/h5-10,19-20H,17-18H2. The van der Waals surface area contributed by atoms with Crippen LogP contribution in [0, 0.1) is 23.7 Å². The predicted molar refractivity (Wildman–Crippen MR) is 78.8 cm³/mol. The van der Waals surface area contributed by atoms with Gasteiger partial charge in [0.15, 0.2) is 0 Å². The predicted octanol–water partition coefficient (Wildman–Crippen LogP) is 1.67. The molecule has 0 aliphatic heterocycles. The Morgan fingerprint density at radius 1 is 0.700 bits per heavy atom. The Bertz CT molecular complexity index is 707. The third-order valence-electron chi connectivity index (χ3n) is 2.54. The lowest BCUT2D eigenvalue weighted by Crippen LogP contribution is -1.85. The number of hydrogen-bond acceptors (Lipinski definition) is 4. The second-order valence-electron chi connectivity index (χ2n) is 4.05. The van der Waals surface area contributed by atoms with Crippen molar-refractivity contribution in [3.05, 3.63) is 47.5 Å². The molecule has 4 nitrogen and oxygen atoms in total. The highest BCUT2D eigenvalue weighted by atomic mass is 16.3. The van der Waals surface area contributed by atoms with E-state index in [1.807, 2.05) is 0 Å². The van der Waals surface area contributed by atoms with Gasteiger partial charge in [-0.15, -0.1) is 0 Å². The zero-order valence-electron chi connectivity index (χ0n) is 10.5. The summed E-state index contributed by atoms with van der Waals surface area (Å²) in [6, 6.07) is 9.48. The van der Waals surface area contributed by atoms with E-state index in [-0.39, 0.29) is 11.5 Å². The van der Waals surface area contributed by atoms with E-state index in [0.717, 1.165) is 0 Å². The normalized spacial score (nSPS) is 9.00. The molecule has 0 radical (unpaired) electrons. The molecule has 0 amide bonds. The average Bonchev–Trinajstić information content (AvgIpc) is 2.42. The average molecular weight is 264 g/mol. The van der Waals surface area contributed by atoms with Gasteiger partial charge in [-0.1, -0.05) is 11.8 Å². The number of phenols is 2. The number of nitrogen functional groups attached to an aromatic ring is 2. The molecule has 2 aromatic carbocycles. The maximum absolute atomic E-state index is 9.42. The van der Waals surface area contributed by atoms with Crippen LogP contribution in [0.15, 0.2) is 36.4 Å². The van der Waals surface area contributed by atoms with Crippen LogP contribution in [0.3, 0.4) is 0 Å².